The summed E-state index contributed by atoms with van der Waals surface area (Å²) in [5.41, 5.74) is 0.575. The Kier molecular flexibility index (Phi) is 24.2. The molecule has 1 aliphatic carbocycles. The molecule has 0 unspecified atom stereocenters. The van der Waals surface area contributed by atoms with Crippen molar-refractivity contribution < 1.29 is 166 Å². The lowest BCUT2D eigenvalue weighted by Gasteiger charge is -2.45. The van der Waals surface area contributed by atoms with E-state index >= 15 is 0 Å². The number of ether oxygens (including phenoxy) is 6. The van der Waals surface area contributed by atoms with Gasteiger partial charge >= 0.3 is 83.2 Å². The molecule has 4 aliphatic rings. The molecule has 0 amide bonds. The predicted octanol–water partition coefficient (Wildman–Crippen LogP) is -4.66. The van der Waals surface area contributed by atoms with Crippen LogP contribution >= 0.6 is 11.6 Å². The Morgan fingerprint density at radius 3 is 1.52 bits per heavy atom. The van der Waals surface area contributed by atoms with Crippen molar-refractivity contribution in [3.05, 3.63) is 35.7 Å². The molecular formula is C35H54ClN9O38S8. The van der Waals surface area contributed by atoms with Crippen LogP contribution in [0.1, 0.15) is 56.1 Å². The van der Waals surface area contributed by atoms with E-state index in [0.29, 0.717) is 19.4 Å². The Balaban J connectivity index is 1.08. The van der Waals surface area contributed by atoms with E-state index in [1.54, 1.807) is 10.9 Å². The molecular weight excluding hydrogens is 1450 g/mol. The van der Waals surface area contributed by atoms with Gasteiger partial charge in [0.1, 0.15) is 48.0 Å². The zero-order chi connectivity index (χ0) is 67.5. The van der Waals surface area contributed by atoms with E-state index in [-0.39, 0.29) is 36.8 Å². The molecule has 7 rings (SSSR count). The quantitative estimate of drug-likeness (QED) is 0.0210. The van der Waals surface area contributed by atoms with E-state index < -0.39 is 214 Å². The van der Waals surface area contributed by atoms with E-state index in [2.05, 4.69) is 51.9 Å². The lowest BCUT2D eigenvalue weighted by molar-refractivity contribution is -0.363. The third-order valence-electron chi connectivity index (χ3n) is 13.0. The molecule has 4 fully saturated rings. The molecule has 6 heterocycles. The summed E-state index contributed by atoms with van der Waals surface area (Å²) in [5, 5.41) is 23.8. The second-order valence-electron chi connectivity index (χ2n) is 19.7. The Morgan fingerprint density at radius 2 is 0.989 bits per heavy atom. The van der Waals surface area contributed by atoms with Crippen LogP contribution in [0.25, 0.3) is 0 Å². The first-order valence-electron chi connectivity index (χ1n) is 25.1. The molecule has 15 atom stereocenters. The van der Waals surface area contributed by atoms with E-state index in [1.165, 1.54) is 6.20 Å². The number of nitrogens with zero attached hydrogens (tertiary/aromatic N) is 9. The van der Waals surface area contributed by atoms with Gasteiger partial charge in [0.2, 0.25) is 5.79 Å². The van der Waals surface area contributed by atoms with E-state index in [0.717, 1.165) is 21.3 Å². The van der Waals surface area contributed by atoms with Gasteiger partial charge in [0.15, 0.2) is 24.8 Å². The van der Waals surface area contributed by atoms with Gasteiger partial charge in [-0.2, -0.15) is 67.3 Å². The van der Waals surface area contributed by atoms with Crippen LogP contribution < -0.4 is 0 Å². The standard InChI is InChI=1S/C35H54ClN9O38S8/c1-2-19-9-43(40-37-19)8-18-3-4-24(77-85(49,50)51)25(5-18)70-14-20-10-44(41-38-20)12-22-6-26(78-86(52,53)54)30(81-89(61,62)63)33(73-22)71-15-21-11-45(42-39-21)13-23-7-28(79-87(55,56)57)35(17-36,75-23)76-34-32(83-91(67,68)69)31(82-90(64,65)66)29(80-88(58,59)60)27(74-34)16-72-84(46,47)48/h9-11,18,22-34H,2-8,12-17H2,1H3,(H,46,47,48)(H,49,50,51)(H,52,53,54)(H,55,56,57)(H,58,59,60)(H,61,62,63)(H,64,65,66)(H,67,68,69)/t18-,22+,23+,24+,25+,26+,27-,28+,29+,30+,31+,32-,33+,34-,35+/m1/s1. The van der Waals surface area contributed by atoms with Gasteiger partial charge < -0.3 is 28.4 Å². The molecule has 8 N–H and O–H groups in total. The fourth-order valence-electron chi connectivity index (χ4n) is 9.71. The molecule has 522 valence electrons. The van der Waals surface area contributed by atoms with Crippen molar-refractivity contribution in [2.24, 2.45) is 5.92 Å². The average Bonchev–Trinajstić information content (AvgIpc) is 1.84. The second kappa shape index (κ2) is 29.4. The van der Waals surface area contributed by atoms with Crippen molar-refractivity contribution in [2.75, 3.05) is 12.5 Å². The fourth-order valence-corrected chi connectivity index (χ4v) is 13.9. The number of hydrogen-bond donors (Lipinski definition) is 8. The Morgan fingerprint density at radius 1 is 0.505 bits per heavy atom. The molecule has 3 saturated heterocycles. The van der Waals surface area contributed by atoms with Gasteiger partial charge in [0, 0.05) is 25.6 Å². The largest absolute Gasteiger partial charge is 0.397 e. The summed E-state index contributed by atoms with van der Waals surface area (Å²) in [6, 6.07) is 0. The Bertz CT molecular complexity index is 3940. The van der Waals surface area contributed by atoms with Crippen molar-refractivity contribution >= 4 is 94.8 Å². The third-order valence-corrected chi connectivity index (χ3v) is 17.1. The van der Waals surface area contributed by atoms with E-state index in [1.807, 2.05) is 6.92 Å². The molecule has 3 aromatic rings. The number of aryl methyl sites for hydroxylation is 1. The normalized spacial score (nSPS) is 30.2. The first-order chi connectivity index (χ1) is 41.8. The smallest absolute Gasteiger partial charge is 0.369 e. The summed E-state index contributed by atoms with van der Waals surface area (Å²) in [6.45, 7) is -1.72. The highest BCUT2D eigenvalue weighted by Crippen LogP contribution is 2.42. The summed E-state index contributed by atoms with van der Waals surface area (Å²) in [4.78, 5) is 0. The van der Waals surface area contributed by atoms with Crippen molar-refractivity contribution in [3.63, 3.8) is 0 Å². The predicted molar refractivity (Wildman–Crippen MR) is 279 cm³/mol. The molecule has 0 aromatic carbocycles. The first-order valence-corrected chi connectivity index (χ1v) is 36.6. The van der Waals surface area contributed by atoms with Crippen molar-refractivity contribution in [2.45, 2.75) is 164 Å². The zero-order valence-electron chi connectivity index (χ0n) is 45.5. The molecule has 0 radical (unpaired) electrons. The molecule has 3 aliphatic heterocycles. The van der Waals surface area contributed by atoms with Crippen molar-refractivity contribution in [3.8, 4) is 0 Å². The number of rotatable bonds is 33. The molecule has 1 saturated carbocycles. The van der Waals surface area contributed by atoms with Crippen LogP contribution in [0.3, 0.4) is 0 Å². The van der Waals surface area contributed by atoms with Crippen LogP contribution in [0.15, 0.2) is 18.6 Å². The van der Waals surface area contributed by atoms with Gasteiger partial charge in [-0.15, -0.1) is 26.9 Å². The lowest BCUT2D eigenvalue weighted by Crippen LogP contribution is -2.65. The van der Waals surface area contributed by atoms with E-state index in [4.69, 9.17) is 52.6 Å². The monoisotopic (exact) mass is 1500 g/mol. The van der Waals surface area contributed by atoms with Gasteiger partial charge in [-0.1, -0.05) is 22.6 Å². The number of aromatic nitrogens is 9. The SMILES string of the molecule is CCc1cn(C[C@@H]2CC[C@H](OS(=O)(=O)O)[C@@H](OCc3cn(C[C@@H]4C[C@H](OS(=O)(=O)O)[C@H](OS(=O)(=O)O)[C@@H](OCc5cn(C[C@@H]6C[C@H](OS(=O)(=O)O)[C@](CCl)(O[C@H]7O[C@H](COS(=O)(=O)O)[C@H](OS(=O)(=O)O)[C@H](OS(=O)(=O)O)[C@H]7OS(=O)(=O)O)O6)nn5)O4)nn3)C2)nn1. The minimum Gasteiger partial charge on any atom is -0.369 e. The summed E-state index contributed by atoms with van der Waals surface area (Å²) in [6.07, 6.45) is -24.6. The molecule has 56 heteroatoms. The lowest BCUT2D eigenvalue weighted by atomic mass is 9.85. The van der Waals surface area contributed by atoms with Crippen LogP contribution in [0.4, 0.5) is 0 Å². The van der Waals surface area contributed by atoms with Gasteiger partial charge in [-0.05, 0) is 31.6 Å². The minimum atomic E-state index is -6.04. The summed E-state index contributed by atoms with van der Waals surface area (Å²) < 4.78 is 342. The molecule has 91 heavy (non-hydrogen) atoms. The zero-order valence-corrected chi connectivity index (χ0v) is 52.8. The van der Waals surface area contributed by atoms with Gasteiger partial charge in [-0.25, -0.2) is 42.8 Å². The second-order valence-corrected chi connectivity index (χ2v) is 28.4. The highest BCUT2D eigenvalue weighted by Gasteiger charge is 2.60. The minimum absolute atomic E-state index is 0.107. The Labute approximate surface area is 520 Å². The maximum atomic E-state index is 12.2. The van der Waals surface area contributed by atoms with Crippen LogP contribution in [0.5, 0.6) is 0 Å². The summed E-state index contributed by atoms with van der Waals surface area (Å²) in [7, 11) is -45.3. The molecule has 0 bridgehead atoms. The van der Waals surface area contributed by atoms with Crippen LogP contribution in [0, 0.1) is 5.92 Å². The summed E-state index contributed by atoms with van der Waals surface area (Å²) in [5.74, 6) is -4.43. The van der Waals surface area contributed by atoms with Gasteiger partial charge in [0.25, 0.3) is 0 Å². The highest BCUT2D eigenvalue weighted by atomic mass is 35.5. The number of alkyl halides is 1. The first kappa shape index (κ1) is 74.8. The van der Waals surface area contributed by atoms with Gasteiger partial charge in [-0.3, -0.25) is 41.1 Å². The van der Waals surface area contributed by atoms with Crippen LogP contribution in [0.2, 0.25) is 0 Å². The maximum Gasteiger partial charge on any atom is 0.397 e. The van der Waals surface area contributed by atoms with Crippen molar-refractivity contribution in [1.29, 1.82) is 0 Å². The molecule has 0 spiro atoms. The highest BCUT2D eigenvalue weighted by molar-refractivity contribution is 7.82. The average molecular weight is 1500 g/mol. The topological polar surface area (TPSA) is 656 Å². The molecule has 47 nitrogen and oxygen atoms in total. The fraction of sp³-hybridized carbons (Fsp3) is 0.829. The van der Waals surface area contributed by atoms with Crippen LogP contribution in [-0.4, -0.2) is 247 Å². The van der Waals surface area contributed by atoms with Crippen LogP contribution in [-0.2, 0) is 184 Å². The van der Waals surface area contributed by atoms with Crippen molar-refractivity contribution in [1.82, 2.24) is 45.0 Å². The summed E-state index contributed by atoms with van der Waals surface area (Å²) >= 11 is 6.20. The van der Waals surface area contributed by atoms with Gasteiger partial charge in [0.05, 0.1) is 75.2 Å². The third kappa shape index (κ3) is 23.9. The van der Waals surface area contributed by atoms with E-state index in [9.17, 15) is 104 Å². The molecule has 3 aromatic heterocycles. The maximum absolute atomic E-state index is 12.2. The Hall–Kier alpha value is -3.57. The number of halogens is 1. The number of hydrogen-bond acceptors (Lipinski definition) is 36.